The number of nitrogens with zero attached hydrogens (tertiary/aromatic N) is 1. The third-order valence-electron chi connectivity index (χ3n) is 1.68. The van der Waals surface area contributed by atoms with E-state index in [9.17, 15) is 13.2 Å². The zero-order valence-corrected chi connectivity index (χ0v) is 10.4. The van der Waals surface area contributed by atoms with Crippen molar-refractivity contribution < 1.29 is 17.9 Å². The molecule has 1 amide bonds. The number of ether oxygens (including phenoxy) is 1. The molecule has 0 aliphatic carbocycles. The van der Waals surface area contributed by atoms with E-state index < -0.39 is 16.3 Å². The second-order valence-corrected chi connectivity index (χ2v) is 4.69. The van der Waals surface area contributed by atoms with E-state index in [4.69, 9.17) is 5.73 Å². The summed E-state index contributed by atoms with van der Waals surface area (Å²) in [6.45, 7) is 4.23. The topological polar surface area (TPSA) is 102 Å². The van der Waals surface area contributed by atoms with Crippen LogP contribution in [0.5, 0.6) is 0 Å². The zero-order chi connectivity index (χ0) is 12.6. The molecule has 96 valence electrons. The Labute approximate surface area is 96.1 Å². The molecule has 0 saturated heterocycles. The van der Waals surface area contributed by atoms with Gasteiger partial charge in [0, 0.05) is 19.6 Å². The van der Waals surface area contributed by atoms with Crippen molar-refractivity contribution in [2.75, 3.05) is 26.2 Å². The van der Waals surface area contributed by atoms with Crippen molar-refractivity contribution in [1.29, 1.82) is 0 Å². The number of nitrogens with two attached hydrogens (primary N) is 1. The van der Waals surface area contributed by atoms with Crippen molar-refractivity contribution in [2.24, 2.45) is 5.73 Å². The molecule has 0 aliphatic heterocycles. The lowest BCUT2D eigenvalue weighted by Crippen LogP contribution is -2.45. The molecule has 0 spiro atoms. The van der Waals surface area contributed by atoms with E-state index in [0.717, 1.165) is 4.31 Å². The van der Waals surface area contributed by atoms with Gasteiger partial charge in [-0.2, -0.15) is 12.7 Å². The second-order valence-electron chi connectivity index (χ2n) is 3.02. The number of rotatable bonds is 7. The summed E-state index contributed by atoms with van der Waals surface area (Å²) in [4.78, 5) is 11.0. The molecule has 0 aromatic carbocycles. The van der Waals surface area contributed by atoms with E-state index in [1.54, 1.807) is 6.92 Å². The van der Waals surface area contributed by atoms with Crippen molar-refractivity contribution >= 4 is 16.3 Å². The average molecular weight is 253 g/mol. The maximum Gasteiger partial charge on any atom is 0.421 e. The van der Waals surface area contributed by atoms with E-state index in [1.165, 1.54) is 0 Å². The molecule has 16 heavy (non-hydrogen) atoms. The van der Waals surface area contributed by atoms with Gasteiger partial charge in [-0.15, -0.1) is 0 Å². The van der Waals surface area contributed by atoms with Gasteiger partial charge in [0.2, 0.25) is 0 Å². The second kappa shape index (κ2) is 7.42. The van der Waals surface area contributed by atoms with Gasteiger partial charge in [0.15, 0.2) is 0 Å². The lowest BCUT2D eigenvalue weighted by Gasteiger charge is -2.20. The van der Waals surface area contributed by atoms with Crippen LogP contribution in [0.15, 0.2) is 0 Å². The van der Waals surface area contributed by atoms with E-state index in [1.807, 2.05) is 11.6 Å². The lowest BCUT2D eigenvalue weighted by molar-refractivity contribution is 0.158. The highest BCUT2D eigenvalue weighted by Crippen LogP contribution is 1.99. The molecule has 0 aromatic heterocycles. The van der Waals surface area contributed by atoms with E-state index >= 15 is 0 Å². The quantitative estimate of drug-likeness (QED) is 0.645. The minimum absolute atomic E-state index is 0.117. The Morgan fingerprint density at radius 1 is 1.38 bits per heavy atom. The number of amides is 1. The Bertz CT molecular complexity index is 298. The SMILES string of the molecule is CCCN(CCN)S(=O)(=O)NC(=O)OCC. The first-order valence-corrected chi connectivity index (χ1v) is 6.56. The van der Waals surface area contributed by atoms with Crippen LogP contribution in [-0.2, 0) is 14.9 Å². The normalized spacial score (nSPS) is 11.5. The average Bonchev–Trinajstić information content (AvgIpc) is 2.17. The van der Waals surface area contributed by atoms with Crippen LogP contribution in [0.1, 0.15) is 20.3 Å². The largest absolute Gasteiger partial charge is 0.449 e. The molecule has 7 nitrogen and oxygen atoms in total. The number of hydrogen-bond donors (Lipinski definition) is 2. The van der Waals surface area contributed by atoms with Crippen LogP contribution in [0.4, 0.5) is 4.79 Å². The van der Waals surface area contributed by atoms with Gasteiger partial charge in [0.1, 0.15) is 0 Å². The smallest absolute Gasteiger partial charge is 0.421 e. The number of nitrogens with one attached hydrogen (secondary N) is 1. The molecule has 0 radical (unpaired) electrons. The molecule has 8 heteroatoms. The van der Waals surface area contributed by atoms with Gasteiger partial charge in [-0.1, -0.05) is 6.92 Å². The Balaban J connectivity index is 4.52. The molecule has 0 unspecified atom stereocenters. The minimum atomic E-state index is -3.84. The standard InChI is InChI=1S/C8H19N3O4S/c1-3-6-11(7-5-9)16(13,14)10-8(12)15-4-2/h3-7,9H2,1-2H3,(H,10,12). The molecule has 0 fully saturated rings. The third-order valence-corrected chi connectivity index (χ3v) is 3.15. The molecule has 0 bridgehead atoms. The van der Waals surface area contributed by atoms with Gasteiger partial charge in [-0.25, -0.2) is 9.52 Å². The first-order chi connectivity index (χ1) is 7.47. The summed E-state index contributed by atoms with van der Waals surface area (Å²) < 4.78 is 30.7. The fourth-order valence-electron chi connectivity index (χ4n) is 1.08. The maximum atomic E-state index is 11.7. The molecule has 3 N–H and O–H groups in total. The zero-order valence-electron chi connectivity index (χ0n) is 9.60. The Morgan fingerprint density at radius 3 is 2.44 bits per heavy atom. The number of carbonyl (C=O) groups excluding carboxylic acids is 1. The Hall–Kier alpha value is -0.860. The summed E-state index contributed by atoms with van der Waals surface area (Å²) in [6, 6.07) is 0. The van der Waals surface area contributed by atoms with Crippen molar-refractivity contribution in [3.8, 4) is 0 Å². The summed E-state index contributed by atoms with van der Waals surface area (Å²) in [5.41, 5.74) is 5.30. The van der Waals surface area contributed by atoms with Crippen molar-refractivity contribution in [3.63, 3.8) is 0 Å². The van der Waals surface area contributed by atoms with Crippen molar-refractivity contribution in [1.82, 2.24) is 9.03 Å². The predicted octanol–water partition coefficient (Wildman–Crippen LogP) is -0.352. The number of hydrogen-bond acceptors (Lipinski definition) is 5. The predicted molar refractivity (Wildman–Crippen MR) is 60.0 cm³/mol. The van der Waals surface area contributed by atoms with Crippen LogP contribution < -0.4 is 10.5 Å². The van der Waals surface area contributed by atoms with Gasteiger partial charge in [0.25, 0.3) is 0 Å². The van der Waals surface area contributed by atoms with Gasteiger partial charge in [0.05, 0.1) is 6.61 Å². The van der Waals surface area contributed by atoms with Gasteiger partial charge < -0.3 is 10.5 Å². The highest BCUT2D eigenvalue weighted by Gasteiger charge is 2.23. The van der Waals surface area contributed by atoms with Gasteiger partial charge in [-0.05, 0) is 13.3 Å². The minimum Gasteiger partial charge on any atom is -0.449 e. The summed E-state index contributed by atoms with van der Waals surface area (Å²) in [7, 11) is -3.84. The monoisotopic (exact) mass is 253 g/mol. The third kappa shape index (κ3) is 5.29. The van der Waals surface area contributed by atoms with E-state index in [2.05, 4.69) is 4.74 Å². The molecule has 0 aliphatic rings. The Morgan fingerprint density at radius 2 is 2.00 bits per heavy atom. The van der Waals surface area contributed by atoms with Crippen LogP contribution in [0.3, 0.4) is 0 Å². The molecule has 0 saturated carbocycles. The molecule has 0 atom stereocenters. The molecule has 0 rings (SSSR count). The van der Waals surface area contributed by atoms with E-state index in [-0.39, 0.29) is 19.7 Å². The highest BCUT2D eigenvalue weighted by atomic mass is 32.2. The van der Waals surface area contributed by atoms with Crippen LogP contribution in [0.25, 0.3) is 0 Å². The highest BCUT2D eigenvalue weighted by molar-refractivity contribution is 7.87. The summed E-state index contributed by atoms with van der Waals surface area (Å²) in [5, 5.41) is 0. The number of carbonyl (C=O) groups is 1. The molecule has 0 heterocycles. The first-order valence-electron chi connectivity index (χ1n) is 5.12. The fraction of sp³-hybridized carbons (Fsp3) is 0.875. The van der Waals surface area contributed by atoms with Gasteiger partial charge >= 0.3 is 16.3 Å². The lowest BCUT2D eigenvalue weighted by atomic mass is 10.5. The van der Waals surface area contributed by atoms with Crippen LogP contribution >= 0.6 is 0 Å². The molecule has 0 aromatic rings. The summed E-state index contributed by atoms with van der Waals surface area (Å²) in [5.74, 6) is 0. The summed E-state index contributed by atoms with van der Waals surface area (Å²) >= 11 is 0. The summed E-state index contributed by atoms with van der Waals surface area (Å²) in [6.07, 6.45) is -0.329. The van der Waals surface area contributed by atoms with Crippen LogP contribution in [-0.4, -0.2) is 45.1 Å². The van der Waals surface area contributed by atoms with Crippen molar-refractivity contribution in [2.45, 2.75) is 20.3 Å². The molecular formula is C8H19N3O4S. The van der Waals surface area contributed by atoms with Gasteiger partial charge in [-0.3, -0.25) is 0 Å². The van der Waals surface area contributed by atoms with E-state index in [0.29, 0.717) is 13.0 Å². The van der Waals surface area contributed by atoms with Crippen LogP contribution in [0.2, 0.25) is 0 Å². The van der Waals surface area contributed by atoms with Crippen molar-refractivity contribution in [3.05, 3.63) is 0 Å². The molecular weight excluding hydrogens is 234 g/mol. The fourth-order valence-corrected chi connectivity index (χ4v) is 2.24. The van der Waals surface area contributed by atoms with Crippen LogP contribution in [0, 0.1) is 0 Å². The Kier molecular flexibility index (Phi) is 7.02. The maximum absolute atomic E-state index is 11.7. The first kappa shape index (κ1) is 15.1.